The van der Waals surface area contributed by atoms with E-state index < -0.39 is 0 Å². The SMILES string of the molecule is CNc1cc(OCCC2CCCN2C)nc(C2CC2)n1. The van der Waals surface area contributed by atoms with Gasteiger partial charge in [-0.05, 0) is 45.7 Å². The number of nitrogens with one attached hydrogen (secondary N) is 1. The van der Waals surface area contributed by atoms with Crippen molar-refractivity contribution in [2.24, 2.45) is 0 Å². The van der Waals surface area contributed by atoms with Crippen LogP contribution in [-0.4, -0.2) is 48.2 Å². The predicted molar refractivity (Wildman–Crippen MR) is 79.3 cm³/mol. The molecule has 5 heteroatoms. The average molecular weight is 276 g/mol. The molecule has 1 N–H and O–H groups in total. The molecule has 5 nitrogen and oxygen atoms in total. The molecule has 0 radical (unpaired) electrons. The van der Waals surface area contributed by atoms with Gasteiger partial charge in [-0.15, -0.1) is 0 Å². The molecule has 0 bridgehead atoms. The van der Waals surface area contributed by atoms with Crippen molar-refractivity contribution in [1.29, 1.82) is 0 Å². The molecule has 1 aliphatic carbocycles. The number of ether oxygens (including phenoxy) is 1. The molecule has 0 amide bonds. The highest BCUT2D eigenvalue weighted by Crippen LogP contribution is 2.39. The molecule has 1 saturated heterocycles. The zero-order valence-electron chi connectivity index (χ0n) is 12.4. The molecule has 1 unspecified atom stereocenters. The maximum Gasteiger partial charge on any atom is 0.218 e. The Morgan fingerprint density at radius 3 is 2.85 bits per heavy atom. The van der Waals surface area contributed by atoms with Crippen molar-refractivity contribution in [2.45, 2.75) is 44.1 Å². The van der Waals surface area contributed by atoms with Gasteiger partial charge in [0.15, 0.2) is 0 Å². The second-order valence-electron chi connectivity index (χ2n) is 5.89. The van der Waals surface area contributed by atoms with Gasteiger partial charge in [0, 0.05) is 25.1 Å². The van der Waals surface area contributed by atoms with E-state index in [1.54, 1.807) is 0 Å². The highest BCUT2D eigenvalue weighted by atomic mass is 16.5. The second-order valence-corrected chi connectivity index (χ2v) is 5.89. The lowest BCUT2D eigenvalue weighted by Gasteiger charge is -2.19. The highest BCUT2D eigenvalue weighted by Gasteiger charge is 2.27. The molecule has 1 atom stereocenters. The third-order valence-corrected chi connectivity index (χ3v) is 4.29. The lowest BCUT2D eigenvalue weighted by atomic mass is 10.1. The van der Waals surface area contributed by atoms with Crippen LogP contribution in [0.3, 0.4) is 0 Å². The molecule has 3 rings (SSSR count). The maximum absolute atomic E-state index is 5.86. The van der Waals surface area contributed by atoms with Gasteiger partial charge in [0.1, 0.15) is 11.6 Å². The zero-order valence-corrected chi connectivity index (χ0v) is 12.4. The lowest BCUT2D eigenvalue weighted by molar-refractivity contribution is 0.228. The lowest BCUT2D eigenvalue weighted by Crippen LogP contribution is -2.26. The summed E-state index contributed by atoms with van der Waals surface area (Å²) in [5.74, 6) is 3.05. The standard InChI is InChI=1S/C15H24N4O/c1-16-13-10-14(18-15(17-13)11-5-6-11)20-9-7-12-4-3-8-19(12)2/h10-12H,3-9H2,1-2H3,(H,16,17,18). The summed E-state index contributed by atoms with van der Waals surface area (Å²) in [7, 11) is 4.09. The molecule has 110 valence electrons. The van der Waals surface area contributed by atoms with E-state index in [4.69, 9.17) is 4.74 Å². The summed E-state index contributed by atoms with van der Waals surface area (Å²) in [6, 6.07) is 2.56. The number of nitrogens with zero attached hydrogens (tertiary/aromatic N) is 3. The monoisotopic (exact) mass is 276 g/mol. The van der Waals surface area contributed by atoms with Crippen LogP contribution in [0.25, 0.3) is 0 Å². The molecule has 1 aliphatic heterocycles. The van der Waals surface area contributed by atoms with Gasteiger partial charge in [-0.2, -0.15) is 4.98 Å². The molecule has 1 saturated carbocycles. The molecule has 0 spiro atoms. The van der Waals surface area contributed by atoms with E-state index in [2.05, 4.69) is 27.2 Å². The fourth-order valence-electron chi connectivity index (χ4n) is 2.81. The zero-order chi connectivity index (χ0) is 13.9. The summed E-state index contributed by atoms with van der Waals surface area (Å²) in [6.45, 7) is 1.95. The van der Waals surface area contributed by atoms with Crippen LogP contribution in [0.5, 0.6) is 5.88 Å². The number of hydrogen-bond acceptors (Lipinski definition) is 5. The Kier molecular flexibility index (Phi) is 4.05. The van der Waals surface area contributed by atoms with E-state index in [0.717, 1.165) is 24.7 Å². The molecule has 2 heterocycles. The van der Waals surface area contributed by atoms with Gasteiger partial charge >= 0.3 is 0 Å². The summed E-state index contributed by atoms with van der Waals surface area (Å²) in [6.07, 6.45) is 6.09. The van der Waals surface area contributed by atoms with E-state index >= 15 is 0 Å². The van der Waals surface area contributed by atoms with Crippen LogP contribution in [0.2, 0.25) is 0 Å². The first-order valence-corrected chi connectivity index (χ1v) is 7.66. The Hall–Kier alpha value is -1.36. The van der Waals surface area contributed by atoms with Gasteiger partial charge in [-0.3, -0.25) is 0 Å². The number of likely N-dealkylation sites (tertiary alicyclic amines) is 1. The van der Waals surface area contributed by atoms with Gasteiger partial charge in [-0.1, -0.05) is 0 Å². The van der Waals surface area contributed by atoms with Crippen molar-refractivity contribution in [1.82, 2.24) is 14.9 Å². The van der Waals surface area contributed by atoms with E-state index in [1.807, 2.05) is 13.1 Å². The van der Waals surface area contributed by atoms with Gasteiger partial charge in [0.05, 0.1) is 6.61 Å². The Morgan fingerprint density at radius 2 is 2.20 bits per heavy atom. The number of hydrogen-bond donors (Lipinski definition) is 1. The Morgan fingerprint density at radius 1 is 1.35 bits per heavy atom. The average Bonchev–Trinajstić information content (AvgIpc) is 3.23. The van der Waals surface area contributed by atoms with Crippen molar-refractivity contribution in [3.8, 4) is 5.88 Å². The first-order chi connectivity index (χ1) is 9.76. The number of rotatable bonds is 6. The molecule has 2 aliphatic rings. The number of aromatic nitrogens is 2. The van der Waals surface area contributed by atoms with Crippen LogP contribution in [0.1, 0.15) is 43.8 Å². The molecule has 1 aromatic rings. The first-order valence-electron chi connectivity index (χ1n) is 7.66. The predicted octanol–water partition coefficient (Wildman–Crippen LogP) is 2.26. The Bertz CT molecular complexity index is 461. The van der Waals surface area contributed by atoms with Crippen LogP contribution in [0, 0.1) is 0 Å². The normalized spacial score (nSPS) is 23.0. The first kappa shape index (κ1) is 13.6. The summed E-state index contributed by atoms with van der Waals surface area (Å²) in [4.78, 5) is 11.5. The van der Waals surface area contributed by atoms with Crippen LogP contribution < -0.4 is 10.1 Å². The van der Waals surface area contributed by atoms with Crippen molar-refractivity contribution in [2.75, 3.05) is 32.6 Å². The third kappa shape index (κ3) is 3.20. The molecular formula is C15H24N4O. The smallest absolute Gasteiger partial charge is 0.218 e. The Labute approximate surface area is 120 Å². The largest absolute Gasteiger partial charge is 0.477 e. The van der Waals surface area contributed by atoms with Crippen LogP contribution in [-0.2, 0) is 0 Å². The minimum Gasteiger partial charge on any atom is -0.477 e. The summed E-state index contributed by atoms with van der Waals surface area (Å²) in [5, 5.41) is 3.09. The third-order valence-electron chi connectivity index (χ3n) is 4.29. The molecule has 1 aromatic heterocycles. The van der Waals surface area contributed by atoms with E-state index in [1.165, 1.54) is 32.2 Å². The second kappa shape index (κ2) is 5.95. The fraction of sp³-hybridized carbons (Fsp3) is 0.733. The summed E-state index contributed by atoms with van der Waals surface area (Å²) in [5.41, 5.74) is 0. The van der Waals surface area contributed by atoms with E-state index in [-0.39, 0.29) is 0 Å². The topological polar surface area (TPSA) is 50.3 Å². The van der Waals surface area contributed by atoms with Crippen LogP contribution in [0.15, 0.2) is 6.07 Å². The van der Waals surface area contributed by atoms with Gasteiger partial charge in [-0.25, -0.2) is 4.98 Å². The summed E-state index contributed by atoms with van der Waals surface area (Å²) >= 11 is 0. The fourth-order valence-corrected chi connectivity index (χ4v) is 2.81. The van der Waals surface area contributed by atoms with Gasteiger partial charge in [0.25, 0.3) is 0 Å². The van der Waals surface area contributed by atoms with Gasteiger partial charge in [0.2, 0.25) is 5.88 Å². The number of anilines is 1. The molecule has 0 aromatic carbocycles. The van der Waals surface area contributed by atoms with Crippen LogP contribution in [0.4, 0.5) is 5.82 Å². The minimum absolute atomic E-state index is 0.548. The maximum atomic E-state index is 5.86. The quantitative estimate of drug-likeness (QED) is 0.863. The molecular weight excluding hydrogens is 252 g/mol. The van der Waals surface area contributed by atoms with Crippen molar-refractivity contribution in [3.63, 3.8) is 0 Å². The summed E-state index contributed by atoms with van der Waals surface area (Å²) < 4.78 is 5.86. The minimum atomic E-state index is 0.548. The van der Waals surface area contributed by atoms with E-state index in [9.17, 15) is 0 Å². The molecule has 20 heavy (non-hydrogen) atoms. The van der Waals surface area contributed by atoms with Crippen molar-refractivity contribution in [3.05, 3.63) is 11.9 Å². The van der Waals surface area contributed by atoms with Crippen molar-refractivity contribution < 1.29 is 4.74 Å². The van der Waals surface area contributed by atoms with Crippen LogP contribution >= 0.6 is 0 Å². The van der Waals surface area contributed by atoms with Crippen molar-refractivity contribution >= 4 is 5.82 Å². The molecule has 2 fully saturated rings. The van der Waals surface area contributed by atoms with Gasteiger partial charge < -0.3 is 15.0 Å². The highest BCUT2D eigenvalue weighted by molar-refractivity contribution is 5.38. The Balaban J connectivity index is 1.57. The van der Waals surface area contributed by atoms with E-state index in [0.29, 0.717) is 17.8 Å².